The van der Waals surface area contributed by atoms with E-state index in [1.807, 2.05) is 0 Å². The molecule has 0 aliphatic carbocycles. The zero-order valence-electron chi connectivity index (χ0n) is 13.5. The minimum atomic E-state index is -0.349. The van der Waals surface area contributed by atoms with E-state index in [1.54, 1.807) is 0 Å². The summed E-state index contributed by atoms with van der Waals surface area (Å²) in [6, 6.07) is 15.1. The Bertz CT molecular complexity index is 981. The predicted molar refractivity (Wildman–Crippen MR) is 101 cm³/mol. The Morgan fingerprint density at radius 3 is 2.80 bits per heavy atom. The van der Waals surface area contributed by atoms with Gasteiger partial charge in [0.2, 0.25) is 0 Å². The average molecular weight is 374 g/mol. The summed E-state index contributed by atoms with van der Waals surface area (Å²) < 4.78 is 1.39. The maximum Gasteiger partial charge on any atom is 0.288 e. The zero-order valence-corrected chi connectivity index (χ0v) is 15.0. The fraction of sp³-hybridized carbons (Fsp3) is 0.263. The highest BCUT2D eigenvalue weighted by Crippen LogP contribution is 2.36. The molecule has 1 aromatic heterocycles. The van der Waals surface area contributed by atoms with Crippen LogP contribution < -0.4 is 5.56 Å². The van der Waals surface area contributed by atoms with Crippen LogP contribution >= 0.6 is 23.2 Å². The Labute approximate surface area is 155 Å². The van der Waals surface area contributed by atoms with Gasteiger partial charge in [0, 0.05) is 12.6 Å². The van der Waals surface area contributed by atoms with Crippen LogP contribution in [0.15, 0.2) is 53.5 Å². The van der Waals surface area contributed by atoms with Gasteiger partial charge in [-0.25, -0.2) is 4.68 Å². The van der Waals surface area contributed by atoms with Gasteiger partial charge in [-0.05, 0) is 29.2 Å². The van der Waals surface area contributed by atoms with Crippen molar-refractivity contribution in [1.29, 1.82) is 0 Å². The van der Waals surface area contributed by atoms with Crippen LogP contribution in [0.5, 0.6) is 0 Å². The van der Waals surface area contributed by atoms with Gasteiger partial charge in [0.15, 0.2) is 0 Å². The van der Waals surface area contributed by atoms with E-state index >= 15 is 0 Å². The zero-order chi connectivity index (χ0) is 17.4. The molecule has 1 atom stereocenters. The average Bonchev–Trinajstić information content (AvgIpc) is 3.10. The van der Waals surface area contributed by atoms with Crippen molar-refractivity contribution < 1.29 is 0 Å². The van der Waals surface area contributed by atoms with Gasteiger partial charge in [-0.3, -0.25) is 9.69 Å². The van der Waals surface area contributed by atoms with Crippen LogP contribution in [0, 0.1) is 0 Å². The molecule has 0 radical (unpaired) electrons. The Balaban J connectivity index is 1.69. The monoisotopic (exact) mass is 373 g/mol. The van der Waals surface area contributed by atoms with Crippen molar-refractivity contribution in [2.75, 3.05) is 6.54 Å². The largest absolute Gasteiger partial charge is 0.288 e. The van der Waals surface area contributed by atoms with Crippen molar-refractivity contribution in [3.63, 3.8) is 0 Å². The highest BCUT2D eigenvalue weighted by atomic mass is 35.5. The summed E-state index contributed by atoms with van der Waals surface area (Å²) in [5.74, 6) is 0. The first-order valence-electron chi connectivity index (χ1n) is 8.28. The molecule has 25 heavy (non-hydrogen) atoms. The third-order valence-corrected chi connectivity index (χ3v) is 5.55. The van der Waals surface area contributed by atoms with Gasteiger partial charge in [-0.2, -0.15) is 5.10 Å². The molecule has 1 aliphatic rings. The van der Waals surface area contributed by atoms with Crippen LogP contribution in [0.2, 0.25) is 10.0 Å². The number of fused-ring (bicyclic) bond motifs is 1. The van der Waals surface area contributed by atoms with Crippen molar-refractivity contribution in [2.45, 2.75) is 25.6 Å². The van der Waals surface area contributed by atoms with Crippen molar-refractivity contribution in [2.24, 2.45) is 0 Å². The van der Waals surface area contributed by atoms with Crippen molar-refractivity contribution in [3.8, 4) is 0 Å². The molecule has 0 saturated carbocycles. The molecule has 4 nitrogen and oxygen atoms in total. The summed E-state index contributed by atoms with van der Waals surface area (Å²) in [4.78, 5) is 14.6. The third kappa shape index (κ3) is 3.06. The second kappa shape index (κ2) is 6.79. The van der Waals surface area contributed by atoms with E-state index in [1.165, 1.54) is 27.2 Å². The van der Waals surface area contributed by atoms with Gasteiger partial charge in [0.25, 0.3) is 5.56 Å². The first-order valence-corrected chi connectivity index (χ1v) is 9.03. The maximum absolute atomic E-state index is 12.3. The van der Waals surface area contributed by atoms with Crippen LogP contribution in [-0.2, 0) is 6.67 Å². The minimum absolute atomic E-state index is 0.0255. The minimum Gasteiger partial charge on any atom is -0.277 e. The molecular formula is C19H17Cl2N3O. The normalized spacial score (nSPS) is 18.1. The van der Waals surface area contributed by atoms with Crippen LogP contribution in [0.4, 0.5) is 0 Å². The summed E-state index contributed by atoms with van der Waals surface area (Å²) in [5.41, 5.74) is 0.946. The first-order chi connectivity index (χ1) is 12.1. The lowest BCUT2D eigenvalue weighted by Crippen LogP contribution is -2.34. The van der Waals surface area contributed by atoms with E-state index in [-0.39, 0.29) is 21.6 Å². The van der Waals surface area contributed by atoms with Gasteiger partial charge in [-0.1, -0.05) is 65.7 Å². The summed E-state index contributed by atoms with van der Waals surface area (Å²) >= 11 is 11.8. The summed E-state index contributed by atoms with van der Waals surface area (Å²) in [7, 11) is 0. The molecule has 1 fully saturated rings. The number of rotatable bonds is 3. The number of benzene rings is 2. The van der Waals surface area contributed by atoms with E-state index in [2.05, 4.69) is 52.5 Å². The molecule has 2 heterocycles. The first kappa shape index (κ1) is 16.6. The highest BCUT2D eigenvalue weighted by molar-refractivity contribution is 6.41. The lowest BCUT2D eigenvalue weighted by atomic mass is 9.97. The molecule has 1 unspecified atom stereocenters. The topological polar surface area (TPSA) is 38.1 Å². The van der Waals surface area contributed by atoms with Gasteiger partial charge < -0.3 is 0 Å². The van der Waals surface area contributed by atoms with E-state index in [4.69, 9.17) is 23.2 Å². The van der Waals surface area contributed by atoms with Crippen LogP contribution in [0.1, 0.15) is 24.4 Å². The van der Waals surface area contributed by atoms with Crippen molar-refractivity contribution in [3.05, 3.63) is 74.6 Å². The second-order valence-electron chi connectivity index (χ2n) is 6.29. The molecule has 6 heteroatoms. The fourth-order valence-corrected chi connectivity index (χ4v) is 3.88. The molecule has 128 valence electrons. The van der Waals surface area contributed by atoms with Crippen molar-refractivity contribution in [1.82, 2.24) is 14.7 Å². The quantitative estimate of drug-likeness (QED) is 0.678. The maximum atomic E-state index is 12.3. The molecular weight excluding hydrogens is 357 g/mol. The fourth-order valence-electron chi connectivity index (χ4n) is 3.61. The standard InChI is InChI=1S/C19H17Cl2N3O/c20-16-11-22-24(19(25)18(16)21)12-23-10-4-9-17(23)15-8-3-6-13-5-1-2-7-14(13)15/h1-3,5-8,11,17H,4,9-10,12H2. The molecule has 0 N–H and O–H groups in total. The molecule has 2 aromatic carbocycles. The Morgan fingerprint density at radius 1 is 1.12 bits per heavy atom. The summed E-state index contributed by atoms with van der Waals surface area (Å²) in [6.07, 6.45) is 3.57. The van der Waals surface area contributed by atoms with Gasteiger partial charge >= 0.3 is 0 Å². The number of hydrogen-bond acceptors (Lipinski definition) is 3. The molecule has 1 saturated heterocycles. The number of halogens is 2. The summed E-state index contributed by atoms with van der Waals surface area (Å²) in [6.45, 7) is 1.33. The Morgan fingerprint density at radius 2 is 1.92 bits per heavy atom. The lowest BCUT2D eigenvalue weighted by molar-refractivity contribution is 0.188. The second-order valence-corrected chi connectivity index (χ2v) is 7.08. The summed E-state index contributed by atoms with van der Waals surface area (Å²) in [5, 5.41) is 6.85. The Hall–Kier alpha value is -1.88. The van der Waals surface area contributed by atoms with Gasteiger partial charge in [0.1, 0.15) is 5.02 Å². The molecule has 4 rings (SSSR count). The number of likely N-dealkylation sites (tertiary alicyclic amines) is 1. The smallest absolute Gasteiger partial charge is 0.277 e. The molecule has 0 bridgehead atoms. The van der Waals surface area contributed by atoms with E-state index in [0.29, 0.717) is 6.67 Å². The van der Waals surface area contributed by atoms with Gasteiger partial charge in [-0.15, -0.1) is 0 Å². The van der Waals surface area contributed by atoms with Crippen LogP contribution in [0.3, 0.4) is 0 Å². The molecule has 0 amide bonds. The SMILES string of the molecule is O=c1c(Cl)c(Cl)cnn1CN1CCCC1c1cccc2ccccc12. The van der Waals surface area contributed by atoms with Crippen LogP contribution in [-0.4, -0.2) is 21.2 Å². The molecule has 0 spiro atoms. The number of hydrogen-bond donors (Lipinski definition) is 0. The Kier molecular flexibility index (Phi) is 4.50. The molecule has 1 aliphatic heterocycles. The highest BCUT2D eigenvalue weighted by Gasteiger charge is 2.28. The van der Waals surface area contributed by atoms with E-state index in [0.717, 1.165) is 19.4 Å². The van der Waals surface area contributed by atoms with Crippen molar-refractivity contribution >= 4 is 34.0 Å². The molecule has 3 aromatic rings. The number of nitrogens with zero attached hydrogens (tertiary/aromatic N) is 3. The number of aromatic nitrogens is 2. The predicted octanol–water partition coefficient (Wildman–Crippen LogP) is 4.50. The lowest BCUT2D eigenvalue weighted by Gasteiger charge is -2.26. The van der Waals surface area contributed by atoms with Crippen LogP contribution in [0.25, 0.3) is 10.8 Å². The van der Waals surface area contributed by atoms with E-state index < -0.39 is 0 Å². The van der Waals surface area contributed by atoms with Gasteiger partial charge in [0.05, 0.1) is 17.9 Å². The third-order valence-electron chi connectivity index (χ3n) is 4.80. The van der Waals surface area contributed by atoms with E-state index in [9.17, 15) is 4.79 Å².